The van der Waals surface area contributed by atoms with E-state index >= 15 is 0 Å². The second-order valence-electron chi connectivity index (χ2n) is 6.03. The van der Waals surface area contributed by atoms with E-state index in [0.717, 1.165) is 5.56 Å². The van der Waals surface area contributed by atoms with Crippen LogP contribution in [0.5, 0.6) is 0 Å². The lowest BCUT2D eigenvalue weighted by Crippen LogP contribution is -2.47. The van der Waals surface area contributed by atoms with E-state index in [9.17, 15) is 13.8 Å². The second kappa shape index (κ2) is 7.61. The predicted molar refractivity (Wildman–Crippen MR) is 97.3 cm³/mol. The molecule has 3 atom stereocenters. The Bertz CT molecular complexity index is 780. The van der Waals surface area contributed by atoms with Gasteiger partial charge in [0.1, 0.15) is 6.04 Å². The first-order valence-electron chi connectivity index (χ1n) is 8.12. The van der Waals surface area contributed by atoms with Crippen molar-refractivity contribution in [2.45, 2.75) is 19.0 Å². The minimum absolute atomic E-state index is 0.0888. The van der Waals surface area contributed by atoms with Crippen LogP contribution in [0.2, 0.25) is 0 Å². The van der Waals surface area contributed by atoms with Crippen LogP contribution in [0, 0.1) is 0 Å². The number of amides is 2. The number of nitrogens with one attached hydrogen (secondary N) is 1. The molecular weight excluding hydrogens is 336 g/mol. The Kier molecular flexibility index (Phi) is 5.28. The zero-order chi connectivity index (χ0) is 17.8. The third-order valence-electron chi connectivity index (χ3n) is 4.25. The third-order valence-corrected chi connectivity index (χ3v) is 5.50. The maximum atomic E-state index is 12.7. The minimum atomic E-state index is -1.21. The maximum absolute atomic E-state index is 12.7. The Morgan fingerprint density at radius 2 is 1.68 bits per heavy atom. The van der Waals surface area contributed by atoms with Crippen molar-refractivity contribution < 1.29 is 13.8 Å². The zero-order valence-electron chi connectivity index (χ0n) is 13.9. The lowest BCUT2D eigenvalue weighted by Gasteiger charge is -2.24. The Balaban J connectivity index is 1.74. The first-order valence-corrected chi connectivity index (χ1v) is 9.61. The lowest BCUT2D eigenvalue weighted by molar-refractivity contribution is -0.125. The highest BCUT2D eigenvalue weighted by Gasteiger charge is 2.38. The summed E-state index contributed by atoms with van der Waals surface area (Å²) in [5.41, 5.74) is 1.48. The molecule has 1 saturated heterocycles. The van der Waals surface area contributed by atoms with Crippen molar-refractivity contribution in [3.8, 4) is 0 Å². The van der Waals surface area contributed by atoms with Crippen LogP contribution in [-0.2, 0) is 15.6 Å². The van der Waals surface area contributed by atoms with Crippen molar-refractivity contribution in [3.63, 3.8) is 0 Å². The summed E-state index contributed by atoms with van der Waals surface area (Å²) in [6.45, 7) is 1.89. The summed E-state index contributed by atoms with van der Waals surface area (Å²) in [5, 5.41) is 2.93. The van der Waals surface area contributed by atoms with Crippen LogP contribution in [0.15, 0.2) is 60.7 Å². The van der Waals surface area contributed by atoms with Crippen molar-refractivity contribution in [3.05, 3.63) is 71.8 Å². The number of nitrogens with zero attached hydrogens (tertiary/aromatic N) is 1. The Hall–Kier alpha value is -2.47. The van der Waals surface area contributed by atoms with Gasteiger partial charge in [-0.25, -0.2) is 0 Å². The number of hydrogen-bond donors (Lipinski definition) is 1. The lowest BCUT2D eigenvalue weighted by atomic mass is 10.1. The Labute approximate surface area is 149 Å². The van der Waals surface area contributed by atoms with Gasteiger partial charge >= 0.3 is 0 Å². The highest BCUT2D eigenvalue weighted by Crippen LogP contribution is 2.19. The van der Waals surface area contributed by atoms with Crippen molar-refractivity contribution in [1.82, 2.24) is 10.2 Å². The molecule has 1 fully saturated rings. The van der Waals surface area contributed by atoms with Gasteiger partial charge in [-0.1, -0.05) is 48.5 Å². The number of benzene rings is 2. The molecule has 2 amide bonds. The fourth-order valence-electron chi connectivity index (χ4n) is 2.86. The van der Waals surface area contributed by atoms with E-state index in [-0.39, 0.29) is 29.5 Å². The van der Waals surface area contributed by atoms with Crippen molar-refractivity contribution in [2.24, 2.45) is 0 Å². The quantitative estimate of drug-likeness (QED) is 0.912. The summed E-state index contributed by atoms with van der Waals surface area (Å²) < 4.78 is 12.0. The summed E-state index contributed by atoms with van der Waals surface area (Å²) in [6.07, 6.45) is 0. The second-order valence-corrected chi connectivity index (χ2v) is 7.50. The van der Waals surface area contributed by atoms with Gasteiger partial charge in [-0.05, 0) is 24.6 Å². The molecule has 1 heterocycles. The topological polar surface area (TPSA) is 66.5 Å². The molecule has 0 saturated carbocycles. The van der Waals surface area contributed by atoms with E-state index in [2.05, 4.69) is 5.32 Å². The van der Waals surface area contributed by atoms with Crippen molar-refractivity contribution in [2.75, 3.05) is 11.6 Å². The molecule has 0 spiro atoms. The van der Waals surface area contributed by atoms with Crippen LogP contribution in [0.3, 0.4) is 0 Å². The molecular formula is C19H20N2O3S. The average molecular weight is 356 g/mol. The van der Waals surface area contributed by atoms with E-state index in [1.54, 1.807) is 24.3 Å². The van der Waals surface area contributed by atoms with Gasteiger partial charge in [-0.2, -0.15) is 0 Å². The van der Waals surface area contributed by atoms with Crippen LogP contribution in [0.25, 0.3) is 0 Å². The Morgan fingerprint density at radius 3 is 2.32 bits per heavy atom. The predicted octanol–water partition coefficient (Wildman–Crippen LogP) is 2.09. The normalized spacial score (nSPS) is 20.9. The molecule has 3 rings (SSSR count). The third kappa shape index (κ3) is 3.96. The molecule has 1 aliphatic heterocycles. The minimum Gasteiger partial charge on any atom is -0.348 e. The van der Waals surface area contributed by atoms with Gasteiger partial charge in [0.2, 0.25) is 5.91 Å². The fourth-order valence-corrected chi connectivity index (χ4v) is 4.26. The zero-order valence-corrected chi connectivity index (χ0v) is 14.7. The van der Waals surface area contributed by atoms with E-state index in [1.807, 2.05) is 43.3 Å². The number of carbonyl (C=O) groups excluding carboxylic acids is 2. The molecule has 0 aliphatic carbocycles. The number of carbonyl (C=O) groups is 2. The molecule has 1 unspecified atom stereocenters. The van der Waals surface area contributed by atoms with Crippen LogP contribution in [0.4, 0.5) is 0 Å². The van der Waals surface area contributed by atoms with Gasteiger partial charge in [-0.15, -0.1) is 0 Å². The van der Waals surface area contributed by atoms with Gasteiger partial charge < -0.3 is 10.2 Å². The summed E-state index contributed by atoms with van der Waals surface area (Å²) in [4.78, 5) is 26.8. The van der Waals surface area contributed by atoms with Gasteiger partial charge in [0.15, 0.2) is 0 Å². The monoisotopic (exact) mass is 356 g/mol. The van der Waals surface area contributed by atoms with Crippen LogP contribution in [0.1, 0.15) is 28.9 Å². The molecule has 130 valence electrons. The molecule has 2 aromatic rings. The molecule has 0 radical (unpaired) electrons. The first-order chi connectivity index (χ1) is 12.1. The molecule has 1 aliphatic rings. The SMILES string of the molecule is CC(NC(=O)[C@@H]1C[S@](=O)CN1C(=O)c1ccccc1)c1ccccc1. The molecule has 0 aromatic heterocycles. The van der Waals surface area contributed by atoms with Crippen molar-refractivity contribution in [1.29, 1.82) is 0 Å². The van der Waals surface area contributed by atoms with E-state index < -0.39 is 16.8 Å². The molecule has 2 aromatic carbocycles. The molecule has 6 heteroatoms. The Morgan fingerprint density at radius 1 is 1.08 bits per heavy atom. The van der Waals surface area contributed by atoms with E-state index in [0.29, 0.717) is 5.56 Å². The van der Waals surface area contributed by atoms with Crippen molar-refractivity contribution >= 4 is 22.6 Å². The largest absolute Gasteiger partial charge is 0.348 e. The van der Waals surface area contributed by atoms with E-state index in [4.69, 9.17) is 0 Å². The van der Waals surface area contributed by atoms with Crippen LogP contribution < -0.4 is 5.32 Å². The van der Waals surface area contributed by atoms with Crippen LogP contribution in [-0.4, -0.2) is 38.6 Å². The molecule has 5 nitrogen and oxygen atoms in total. The standard InChI is InChI=1S/C19H20N2O3S/c1-14(15-8-4-2-5-9-15)20-18(22)17-12-25(24)13-21(17)19(23)16-10-6-3-7-11-16/h2-11,14,17H,12-13H2,1H3,(H,20,22)/t14?,17-,25-/m0/s1. The first kappa shape index (κ1) is 17.4. The summed E-state index contributed by atoms with van der Waals surface area (Å²) in [5.74, 6) is -0.275. The van der Waals surface area contributed by atoms with Gasteiger partial charge in [0.25, 0.3) is 5.91 Å². The summed E-state index contributed by atoms with van der Waals surface area (Å²) >= 11 is 0. The number of hydrogen-bond acceptors (Lipinski definition) is 3. The summed E-state index contributed by atoms with van der Waals surface area (Å²) in [6, 6.07) is 17.5. The van der Waals surface area contributed by atoms with E-state index in [1.165, 1.54) is 4.90 Å². The maximum Gasteiger partial charge on any atom is 0.255 e. The highest BCUT2D eigenvalue weighted by atomic mass is 32.2. The smallest absolute Gasteiger partial charge is 0.255 e. The molecule has 0 bridgehead atoms. The van der Waals surface area contributed by atoms with Gasteiger partial charge in [-0.3, -0.25) is 13.8 Å². The van der Waals surface area contributed by atoms with Gasteiger partial charge in [0, 0.05) is 16.4 Å². The fraction of sp³-hybridized carbons (Fsp3) is 0.263. The molecule has 1 N–H and O–H groups in total. The highest BCUT2D eigenvalue weighted by molar-refractivity contribution is 7.85. The average Bonchev–Trinajstić information content (AvgIpc) is 3.04. The summed E-state index contributed by atoms with van der Waals surface area (Å²) in [7, 11) is -1.21. The molecule has 25 heavy (non-hydrogen) atoms. The van der Waals surface area contributed by atoms with Gasteiger partial charge in [0.05, 0.1) is 17.7 Å². The van der Waals surface area contributed by atoms with Crippen LogP contribution >= 0.6 is 0 Å². The number of rotatable bonds is 4.